The Morgan fingerprint density at radius 1 is 1.26 bits per heavy atom. The molecule has 0 aromatic heterocycles. The van der Waals surface area contributed by atoms with E-state index < -0.39 is 11.6 Å². The van der Waals surface area contributed by atoms with Crippen LogP contribution >= 0.6 is 0 Å². The molecule has 31 heavy (non-hydrogen) atoms. The van der Waals surface area contributed by atoms with Gasteiger partial charge in [0.15, 0.2) is 0 Å². The molecule has 0 radical (unpaired) electrons. The third-order valence-corrected chi connectivity index (χ3v) is 7.03. The van der Waals surface area contributed by atoms with Crippen molar-refractivity contribution in [2.45, 2.75) is 52.2 Å². The summed E-state index contributed by atoms with van der Waals surface area (Å²) in [7, 11) is 0. The first kappa shape index (κ1) is 21.4. The molecular formula is C26H31F2N3. The topological polar surface area (TPSA) is 18.5 Å². The number of nitrogens with zero attached hydrogens (tertiary/aromatic N) is 2. The minimum atomic E-state index is -0.575. The maximum absolute atomic E-state index is 14.0. The number of benzene rings is 1. The van der Waals surface area contributed by atoms with Crippen molar-refractivity contribution in [1.82, 2.24) is 15.1 Å². The molecule has 1 aromatic rings. The average molecular weight is 424 g/mol. The van der Waals surface area contributed by atoms with Gasteiger partial charge in [0.2, 0.25) is 0 Å². The monoisotopic (exact) mass is 423 g/mol. The van der Waals surface area contributed by atoms with Crippen molar-refractivity contribution < 1.29 is 8.78 Å². The van der Waals surface area contributed by atoms with Gasteiger partial charge in [-0.15, -0.1) is 0 Å². The summed E-state index contributed by atoms with van der Waals surface area (Å²) in [5, 5.41) is 3.22. The van der Waals surface area contributed by atoms with Gasteiger partial charge in [-0.2, -0.15) is 0 Å². The quantitative estimate of drug-likeness (QED) is 0.664. The summed E-state index contributed by atoms with van der Waals surface area (Å²) in [5.41, 5.74) is 6.67. The summed E-state index contributed by atoms with van der Waals surface area (Å²) in [5.74, 6) is -1.14. The first-order valence-electron chi connectivity index (χ1n) is 10.9. The van der Waals surface area contributed by atoms with Gasteiger partial charge in [-0.05, 0) is 49.5 Å². The average Bonchev–Trinajstić information content (AvgIpc) is 3.10. The fourth-order valence-electron chi connectivity index (χ4n) is 5.09. The smallest absolute Gasteiger partial charge is 0.131 e. The van der Waals surface area contributed by atoms with E-state index in [-0.39, 0.29) is 12.5 Å². The Labute approximate surface area is 184 Å². The molecule has 1 N–H and O–H groups in total. The lowest BCUT2D eigenvalue weighted by Crippen LogP contribution is -2.48. The number of nitrogens with one attached hydrogen (secondary N) is 1. The van der Waals surface area contributed by atoms with Gasteiger partial charge in [0.1, 0.15) is 11.6 Å². The van der Waals surface area contributed by atoms with E-state index in [9.17, 15) is 8.78 Å². The van der Waals surface area contributed by atoms with Crippen molar-refractivity contribution in [3.8, 4) is 0 Å². The fourth-order valence-corrected chi connectivity index (χ4v) is 5.09. The van der Waals surface area contributed by atoms with Crippen LogP contribution in [0.2, 0.25) is 0 Å². The highest BCUT2D eigenvalue weighted by Crippen LogP contribution is 2.44. The summed E-state index contributed by atoms with van der Waals surface area (Å²) >= 11 is 0. The second-order valence-corrected chi connectivity index (χ2v) is 8.96. The summed E-state index contributed by atoms with van der Waals surface area (Å²) in [6, 6.07) is 4.64. The van der Waals surface area contributed by atoms with E-state index in [4.69, 9.17) is 0 Å². The molecule has 3 nitrogen and oxygen atoms in total. The Bertz CT molecular complexity index is 1020. The van der Waals surface area contributed by atoms with Crippen LogP contribution in [-0.2, 0) is 6.54 Å². The largest absolute Gasteiger partial charge is 0.384 e. The van der Waals surface area contributed by atoms with Crippen molar-refractivity contribution in [3.05, 3.63) is 95.1 Å². The van der Waals surface area contributed by atoms with Gasteiger partial charge in [-0.3, -0.25) is 0 Å². The molecule has 3 heterocycles. The number of fused-ring (bicyclic) bond motifs is 2. The van der Waals surface area contributed by atoms with Crippen LogP contribution in [0.5, 0.6) is 0 Å². The van der Waals surface area contributed by atoms with Crippen molar-refractivity contribution in [1.29, 1.82) is 0 Å². The van der Waals surface area contributed by atoms with Gasteiger partial charge in [0, 0.05) is 54.6 Å². The minimum Gasteiger partial charge on any atom is -0.384 e. The van der Waals surface area contributed by atoms with Crippen molar-refractivity contribution >= 4 is 0 Å². The number of piperazine rings is 1. The van der Waals surface area contributed by atoms with E-state index in [0.717, 1.165) is 46.4 Å². The van der Waals surface area contributed by atoms with E-state index >= 15 is 0 Å². The molecule has 0 bridgehead atoms. The van der Waals surface area contributed by atoms with Crippen LogP contribution in [0.25, 0.3) is 0 Å². The van der Waals surface area contributed by atoms with Crippen LogP contribution in [-0.4, -0.2) is 28.4 Å². The van der Waals surface area contributed by atoms with Crippen molar-refractivity contribution in [3.63, 3.8) is 0 Å². The first-order chi connectivity index (χ1) is 14.7. The SMILES string of the molecule is C=C1C(C(C)C(=C)NCc2ccc(F)cc2F)=CN2CC3CCC(C)N3C(=C)C2=C1C. The highest BCUT2D eigenvalue weighted by molar-refractivity contribution is 5.56. The second kappa shape index (κ2) is 8.03. The Morgan fingerprint density at radius 2 is 2.00 bits per heavy atom. The molecule has 0 spiro atoms. The van der Waals surface area contributed by atoms with Crippen LogP contribution in [0.1, 0.15) is 39.2 Å². The zero-order valence-corrected chi connectivity index (χ0v) is 18.6. The molecule has 1 aromatic carbocycles. The summed E-state index contributed by atoms with van der Waals surface area (Å²) in [4.78, 5) is 4.80. The molecule has 3 aliphatic heterocycles. The summed E-state index contributed by atoms with van der Waals surface area (Å²) in [6.45, 7) is 20.6. The van der Waals surface area contributed by atoms with E-state index in [1.54, 1.807) is 0 Å². The lowest BCUT2D eigenvalue weighted by molar-refractivity contribution is 0.186. The normalized spacial score (nSPS) is 24.1. The third kappa shape index (κ3) is 3.71. The van der Waals surface area contributed by atoms with Gasteiger partial charge >= 0.3 is 0 Å². The Hall–Kier alpha value is -2.82. The molecule has 3 unspecified atom stereocenters. The van der Waals surface area contributed by atoms with Crippen LogP contribution in [0.4, 0.5) is 8.78 Å². The van der Waals surface area contributed by atoms with Crippen LogP contribution in [0, 0.1) is 17.6 Å². The maximum Gasteiger partial charge on any atom is 0.131 e. The predicted molar refractivity (Wildman–Crippen MR) is 122 cm³/mol. The van der Waals surface area contributed by atoms with Crippen molar-refractivity contribution in [2.24, 2.45) is 5.92 Å². The van der Waals surface area contributed by atoms with Gasteiger partial charge in [0.25, 0.3) is 0 Å². The number of rotatable bonds is 5. The molecule has 2 fully saturated rings. The van der Waals surface area contributed by atoms with Crippen LogP contribution in [0.15, 0.2) is 77.9 Å². The first-order valence-corrected chi connectivity index (χ1v) is 10.9. The molecule has 3 atom stereocenters. The zero-order valence-electron chi connectivity index (χ0n) is 18.6. The van der Waals surface area contributed by atoms with Gasteiger partial charge in [0.05, 0.1) is 11.4 Å². The highest BCUT2D eigenvalue weighted by atomic mass is 19.1. The second-order valence-electron chi connectivity index (χ2n) is 8.96. The number of allylic oxidation sites excluding steroid dienone is 3. The molecule has 164 valence electrons. The lowest BCUT2D eigenvalue weighted by Gasteiger charge is -2.47. The minimum absolute atomic E-state index is 0.0127. The molecule has 4 rings (SSSR count). The van der Waals surface area contributed by atoms with Crippen molar-refractivity contribution in [2.75, 3.05) is 6.54 Å². The standard InChI is InChI=1S/C26H31F2N3/c1-15-7-10-23-13-30-14-24(16(2)17(3)26(30)20(6)31(15)23)18(4)19(5)29-12-21-8-9-22(27)11-25(21)28/h8-9,11,14-15,18,23,29H,2,5-7,10,12-13H2,1,3-4H3. The predicted octanol–water partition coefficient (Wildman–Crippen LogP) is 5.61. The highest BCUT2D eigenvalue weighted by Gasteiger charge is 2.41. The van der Waals surface area contributed by atoms with Gasteiger partial charge in [-0.1, -0.05) is 32.7 Å². The Kier molecular flexibility index (Phi) is 5.54. The summed E-state index contributed by atoms with van der Waals surface area (Å²) < 4.78 is 27.1. The molecule has 0 amide bonds. The molecule has 5 heteroatoms. The van der Waals surface area contributed by atoms with E-state index in [0.29, 0.717) is 17.6 Å². The Balaban J connectivity index is 1.51. The van der Waals surface area contributed by atoms with Gasteiger partial charge in [-0.25, -0.2) is 8.78 Å². The van der Waals surface area contributed by atoms with Gasteiger partial charge < -0.3 is 15.1 Å². The third-order valence-electron chi connectivity index (χ3n) is 7.03. The van der Waals surface area contributed by atoms with Crippen LogP contribution in [0.3, 0.4) is 0 Å². The number of halogens is 2. The van der Waals surface area contributed by atoms with E-state index in [2.05, 4.69) is 61.8 Å². The maximum atomic E-state index is 14.0. The summed E-state index contributed by atoms with van der Waals surface area (Å²) in [6.07, 6.45) is 4.56. The zero-order chi connectivity index (χ0) is 22.4. The lowest BCUT2D eigenvalue weighted by atomic mass is 9.85. The molecule has 3 aliphatic rings. The number of hydrogen-bond donors (Lipinski definition) is 1. The van der Waals surface area contributed by atoms with E-state index in [1.807, 2.05) is 0 Å². The van der Waals surface area contributed by atoms with Crippen LogP contribution < -0.4 is 5.32 Å². The number of hydrogen-bond acceptors (Lipinski definition) is 3. The fraction of sp³-hybridized carbons (Fsp3) is 0.385. The van der Waals surface area contributed by atoms with E-state index in [1.165, 1.54) is 25.0 Å². The molecule has 2 saturated heterocycles. The molecule has 0 saturated carbocycles. The molecule has 0 aliphatic carbocycles. The Morgan fingerprint density at radius 3 is 2.71 bits per heavy atom. The molecular weight excluding hydrogens is 392 g/mol.